The van der Waals surface area contributed by atoms with Crippen molar-refractivity contribution in [3.05, 3.63) is 59.9 Å². The zero-order chi connectivity index (χ0) is 14.4. The molecular weight excluding hydrogens is 252 g/mol. The number of benzene rings is 1. The summed E-state index contributed by atoms with van der Waals surface area (Å²) < 4.78 is 5.61. The summed E-state index contributed by atoms with van der Waals surface area (Å²) in [5.74, 6) is 0.767. The molecule has 2 rings (SSSR count). The number of aromatic nitrogens is 1. The van der Waals surface area contributed by atoms with Gasteiger partial charge >= 0.3 is 0 Å². The predicted molar refractivity (Wildman–Crippen MR) is 77.9 cm³/mol. The molecule has 0 unspecified atom stereocenters. The van der Waals surface area contributed by atoms with Gasteiger partial charge in [-0.2, -0.15) is 0 Å². The van der Waals surface area contributed by atoms with E-state index in [9.17, 15) is 4.79 Å². The molecule has 2 aromatic rings. The molecule has 1 amide bonds. The number of nitrogens with zero attached hydrogens (tertiary/aromatic N) is 2. The lowest BCUT2D eigenvalue weighted by molar-refractivity contribution is 0.0773. The van der Waals surface area contributed by atoms with Gasteiger partial charge in [-0.25, -0.2) is 0 Å². The highest BCUT2D eigenvalue weighted by Crippen LogP contribution is 2.11. The van der Waals surface area contributed by atoms with E-state index in [2.05, 4.69) is 4.98 Å². The van der Waals surface area contributed by atoms with Gasteiger partial charge in [0.1, 0.15) is 12.4 Å². The summed E-state index contributed by atoms with van der Waals surface area (Å²) in [4.78, 5) is 17.6. The third-order valence-corrected chi connectivity index (χ3v) is 2.97. The average molecular weight is 270 g/mol. The van der Waals surface area contributed by atoms with Crippen LogP contribution in [0.2, 0.25) is 0 Å². The van der Waals surface area contributed by atoms with Gasteiger partial charge in [-0.05, 0) is 31.2 Å². The Morgan fingerprint density at radius 2 is 2.00 bits per heavy atom. The van der Waals surface area contributed by atoms with Gasteiger partial charge in [0.05, 0.1) is 12.1 Å². The molecule has 20 heavy (non-hydrogen) atoms. The Balaban J connectivity index is 1.82. The van der Waals surface area contributed by atoms with Crippen LogP contribution in [0, 0.1) is 6.92 Å². The van der Waals surface area contributed by atoms with Gasteiger partial charge in [0.15, 0.2) is 0 Å². The number of hydrogen-bond donors (Lipinski definition) is 0. The van der Waals surface area contributed by atoms with Gasteiger partial charge in [-0.15, -0.1) is 0 Å². The first kappa shape index (κ1) is 14.1. The molecular formula is C16H18N2O2. The molecule has 0 bridgehead atoms. The Hall–Kier alpha value is -2.36. The number of pyridine rings is 1. The minimum atomic E-state index is -0.0504. The highest BCUT2D eigenvalue weighted by atomic mass is 16.5. The first-order valence-corrected chi connectivity index (χ1v) is 6.52. The minimum Gasteiger partial charge on any atom is -0.492 e. The second-order valence-electron chi connectivity index (χ2n) is 4.63. The van der Waals surface area contributed by atoms with E-state index in [4.69, 9.17) is 4.74 Å². The molecule has 1 heterocycles. The molecule has 4 heteroatoms. The number of carbonyl (C=O) groups excluding carboxylic acids is 1. The largest absolute Gasteiger partial charge is 0.492 e. The van der Waals surface area contributed by atoms with Crippen molar-refractivity contribution in [2.75, 3.05) is 20.2 Å². The summed E-state index contributed by atoms with van der Waals surface area (Å²) >= 11 is 0. The smallest absolute Gasteiger partial charge is 0.255 e. The number of amides is 1. The van der Waals surface area contributed by atoms with E-state index < -0.39 is 0 Å². The van der Waals surface area contributed by atoms with Crippen molar-refractivity contribution < 1.29 is 9.53 Å². The van der Waals surface area contributed by atoms with Gasteiger partial charge in [0, 0.05) is 19.4 Å². The lowest BCUT2D eigenvalue weighted by Gasteiger charge is -2.17. The highest BCUT2D eigenvalue weighted by Gasteiger charge is 2.11. The predicted octanol–water partition coefficient (Wildman–Crippen LogP) is 2.54. The van der Waals surface area contributed by atoms with E-state index in [0.717, 1.165) is 5.75 Å². The molecule has 1 aromatic heterocycles. The van der Waals surface area contributed by atoms with Gasteiger partial charge in [0.2, 0.25) is 0 Å². The molecule has 0 radical (unpaired) electrons. The second kappa shape index (κ2) is 6.70. The summed E-state index contributed by atoms with van der Waals surface area (Å²) in [6.45, 7) is 3.03. The van der Waals surface area contributed by atoms with E-state index in [1.807, 2.05) is 31.2 Å². The van der Waals surface area contributed by atoms with Gasteiger partial charge in [-0.1, -0.05) is 17.7 Å². The Labute approximate surface area is 119 Å². The molecule has 0 saturated heterocycles. The van der Waals surface area contributed by atoms with E-state index >= 15 is 0 Å². The Morgan fingerprint density at radius 3 is 2.65 bits per heavy atom. The van der Waals surface area contributed by atoms with Crippen molar-refractivity contribution in [3.63, 3.8) is 0 Å². The topological polar surface area (TPSA) is 42.4 Å². The third kappa shape index (κ3) is 3.82. The van der Waals surface area contributed by atoms with Crippen molar-refractivity contribution in [2.24, 2.45) is 0 Å². The summed E-state index contributed by atoms with van der Waals surface area (Å²) in [7, 11) is 1.76. The van der Waals surface area contributed by atoms with Crippen molar-refractivity contribution in [1.82, 2.24) is 9.88 Å². The fourth-order valence-corrected chi connectivity index (χ4v) is 1.75. The molecule has 0 aliphatic carbocycles. The zero-order valence-electron chi connectivity index (χ0n) is 11.7. The number of hydrogen-bond acceptors (Lipinski definition) is 3. The molecule has 0 spiro atoms. The van der Waals surface area contributed by atoms with Crippen molar-refractivity contribution in [3.8, 4) is 5.75 Å². The van der Waals surface area contributed by atoms with Crippen molar-refractivity contribution in [1.29, 1.82) is 0 Å². The molecule has 1 aromatic carbocycles. The maximum atomic E-state index is 12.1. The lowest BCUT2D eigenvalue weighted by atomic mass is 10.2. The highest BCUT2D eigenvalue weighted by molar-refractivity contribution is 5.93. The minimum absolute atomic E-state index is 0.0504. The van der Waals surface area contributed by atoms with E-state index in [-0.39, 0.29) is 5.91 Å². The molecule has 0 N–H and O–H groups in total. The fourth-order valence-electron chi connectivity index (χ4n) is 1.75. The van der Waals surface area contributed by atoms with Crippen LogP contribution in [0.15, 0.2) is 48.8 Å². The van der Waals surface area contributed by atoms with Gasteiger partial charge in [-0.3, -0.25) is 9.78 Å². The monoisotopic (exact) mass is 270 g/mol. The van der Waals surface area contributed by atoms with Crippen LogP contribution in [0.4, 0.5) is 0 Å². The third-order valence-electron chi connectivity index (χ3n) is 2.97. The van der Waals surface area contributed by atoms with E-state index in [0.29, 0.717) is 18.7 Å². The number of ether oxygens (including phenoxy) is 1. The molecule has 0 aliphatic heterocycles. The molecule has 104 valence electrons. The van der Waals surface area contributed by atoms with Crippen LogP contribution in [0.3, 0.4) is 0 Å². The molecule has 4 nitrogen and oxygen atoms in total. The van der Waals surface area contributed by atoms with Crippen molar-refractivity contribution >= 4 is 5.91 Å². The second-order valence-corrected chi connectivity index (χ2v) is 4.63. The Kier molecular flexibility index (Phi) is 4.71. The standard InChI is InChI=1S/C16H18N2O2/c1-13-5-7-15(8-6-13)20-11-10-18(2)16(19)14-4-3-9-17-12-14/h3-9,12H,10-11H2,1-2H3. The van der Waals surface area contributed by atoms with Crippen LogP contribution >= 0.6 is 0 Å². The summed E-state index contributed by atoms with van der Waals surface area (Å²) in [5, 5.41) is 0. The molecule has 0 fully saturated rings. The van der Waals surface area contributed by atoms with Gasteiger partial charge < -0.3 is 9.64 Å². The Bertz CT molecular complexity index is 552. The lowest BCUT2D eigenvalue weighted by Crippen LogP contribution is -2.30. The molecule has 0 aliphatic rings. The first-order valence-electron chi connectivity index (χ1n) is 6.52. The van der Waals surface area contributed by atoms with Crippen LogP contribution in [0.1, 0.15) is 15.9 Å². The van der Waals surface area contributed by atoms with Crippen molar-refractivity contribution in [2.45, 2.75) is 6.92 Å². The summed E-state index contributed by atoms with van der Waals surface area (Å²) in [6, 6.07) is 11.4. The molecule has 0 atom stereocenters. The zero-order valence-corrected chi connectivity index (χ0v) is 11.7. The van der Waals surface area contributed by atoms with Crippen LogP contribution in [-0.2, 0) is 0 Å². The fraction of sp³-hybridized carbons (Fsp3) is 0.250. The summed E-state index contributed by atoms with van der Waals surface area (Å²) in [5.41, 5.74) is 1.78. The van der Waals surface area contributed by atoms with Crippen LogP contribution in [-0.4, -0.2) is 36.0 Å². The molecule has 0 saturated carbocycles. The first-order chi connectivity index (χ1) is 9.66. The number of carbonyl (C=O) groups is 1. The van der Waals surface area contributed by atoms with Crippen LogP contribution in [0.25, 0.3) is 0 Å². The number of rotatable bonds is 5. The average Bonchev–Trinajstić information content (AvgIpc) is 2.49. The summed E-state index contributed by atoms with van der Waals surface area (Å²) in [6.07, 6.45) is 3.22. The maximum absolute atomic E-state index is 12.1. The SMILES string of the molecule is Cc1ccc(OCCN(C)C(=O)c2cccnc2)cc1. The van der Waals surface area contributed by atoms with Crippen LogP contribution < -0.4 is 4.74 Å². The normalized spacial score (nSPS) is 10.1. The van der Waals surface area contributed by atoms with E-state index in [1.54, 1.807) is 36.5 Å². The quantitative estimate of drug-likeness (QED) is 0.838. The van der Waals surface area contributed by atoms with Crippen LogP contribution in [0.5, 0.6) is 5.75 Å². The number of aryl methyl sites for hydroxylation is 1. The van der Waals surface area contributed by atoms with Gasteiger partial charge in [0.25, 0.3) is 5.91 Å². The maximum Gasteiger partial charge on any atom is 0.255 e. The van der Waals surface area contributed by atoms with E-state index in [1.165, 1.54) is 5.56 Å². The number of likely N-dealkylation sites (N-methyl/N-ethyl adjacent to an activating group) is 1. The Morgan fingerprint density at radius 1 is 1.25 bits per heavy atom.